The molecule has 0 unspecified atom stereocenters. The number of carbonyl (C=O) groups is 1. The van der Waals surface area contributed by atoms with Gasteiger partial charge < -0.3 is 10.1 Å². The molecule has 1 saturated heterocycles. The molecule has 0 saturated carbocycles. The zero-order valence-electron chi connectivity index (χ0n) is 15.2. The summed E-state index contributed by atoms with van der Waals surface area (Å²) in [5.74, 6) is -0.145. The number of rotatable bonds is 7. The molecule has 3 rings (SSSR count). The van der Waals surface area contributed by atoms with Gasteiger partial charge in [0, 0.05) is 16.8 Å². The highest BCUT2D eigenvalue weighted by Gasteiger charge is 2.31. The van der Waals surface area contributed by atoms with E-state index in [-0.39, 0.29) is 29.4 Å². The number of benzene rings is 2. The predicted octanol–water partition coefficient (Wildman–Crippen LogP) is 1.82. The Balaban J connectivity index is 1.55. The molecule has 2 aromatic carbocycles. The highest BCUT2D eigenvalue weighted by atomic mass is 35.5. The van der Waals surface area contributed by atoms with Crippen LogP contribution in [0.1, 0.15) is 6.42 Å². The highest BCUT2D eigenvalue weighted by Crippen LogP contribution is 2.18. The molecule has 8 nitrogen and oxygen atoms in total. The van der Waals surface area contributed by atoms with Crippen molar-refractivity contribution in [2.45, 2.75) is 17.4 Å². The second-order valence-corrected chi connectivity index (χ2v) is 10.9. The first-order valence-electron chi connectivity index (χ1n) is 8.64. The molecule has 2 N–H and O–H groups in total. The van der Waals surface area contributed by atoms with Gasteiger partial charge in [-0.15, -0.1) is 0 Å². The number of hydrogen-bond donors (Lipinski definition) is 2. The van der Waals surface area contributed by atoms with Crippen molar-refractivity contribution in [3.8, 4) is 5.75 Å². The van der Waals surface area contributed by atoms with Crippen LogP contribution >= 0.6 is 11.6 Å². The topological polar surface area (TPSA) is 119 Å². The van der Waals surface area contributed by atoms with Gasteiger partial charge >= 0.3 is 0 Å². The van der Waals surface area contributed by atoms with Crippen LogP contribution in [0.2, 0.25) is 5.02 Å². The number of nitrogens with one attached hydrogen (secondary N) is 2. The maximum absolute atomic E-state index is 12.4. The molecule has 2 aromatic rings. The van der Waals surface area contributed by atoms with Crippen LogP contribution in [0.25, 0.3) is 0 Å². The fourth-order valence-corrected chi connectivity index (χ4v) is 5.94. The number of hydrogen-bond acceptors (Lipinski definition) is 6. The lowest BCUT2D eigenvalue weighted by Gasteiger charge is -2.12. The van der Waals surface area contributed by atoms with E-state index in [9.17, 15) is 21.6 Å². The minimum absolute atomic E-state index is 0.0165. The van der Waals surface area contributed by atoms with Crippen LogP contribution in [0, 0.1) is 0 Å². The molecule has 0 aromatic heterocycles. The van der Waals surface area contributed by atoms with Gasteiger partial charge in [-0.2, -0.15) is 0 Å². The van der Waals surface area contributed by atoms with Gasteiger partial charge in [-0.1, -0.05) is 11.6 Å². The molecule has 1 aliphatic heterocycles. The average molecular weight is 459 g/mol. The summed E-state index contributed by atoms with van der Waals surface area (Å²) in [6.07, 6.45) is 0.253. The zero-order chi connectivity index (χ0) is 21.1. The average Bonchev–Trinajstić information content (AvgIpc) is 2.99. The molecule has 0 spiro atoms. The Morgan fingerprint density at radius 2 is 1.76 bits per heavy atom. The number of amides is 1. The first-order chi connectivity index (χ1) is 13.6. The van der Waals surface area contributed by atoms with E-state index in [4.69, 9.17) is 16.3 Å². The van der Waals surface area contributed by atoms with Crippen molar-refractivity contribution in [2.75, 3.05) is 23.4 Å². The minimum atomic E-state index is -3.85. The van der Waals surface area contributed by atoms with Crippen molar-refractivity contribution in [1.82, 2.24) is 4.72 Å². The second-order valence-electron chi connectivity index (χ2n) is 6.54. The third kappa shape index (κ3) is 6.17. The zero-order valence-corrected chi connectivity index (χ0v) is 17.6. The van der Waals surface area contributed by atoms with E-state index in [2.05, 4.69) is 10.0 Å². The molecule has 1 fully saturated rings. The molecule has 1 heterocycles. The van der Waals surface area contributed by atoms with Crippen LogP contribution in [-0.2, 0) is 24.7 Å². The van der Waals surface area contributed by atoms with E-state index in [1.165, 1.54) is 24.3 Å². The third-order valence-electron chi connectivity index (χ3n) is 4.19. The standard InChI is InChI=1S/C18H19ClN2O6S2/c19-13-1-5-16(6-2-13)27-11-18(22)20-14-3-7-17(8-4-14)29(25,26)21-15-9-10-28(23,24)12-15/h1-8,15,21H,9-12H2,(H,20,22)/t15-/m0/s1. The molecular weight excluding hydrogens is 440 g/mol. The van der Waals surface area contributed by atoms with Gasteiger partial charge in [-0.05, 0) is 55.0 Å². The van der Waals surface area contributed by atoms with E-state index in [0.717, 1.165) is 0 Å². The smallest absolute Gasteiger partial charge is 0.262 e. The Kier molecular flexibility index (Phi) is 6.47. The molecule has 1 aliphatic rings. The fourth-order valence-electron chi connectivity index (χ4n) is 2.77. The highest BCUT2D eigenvalue weighted by molar-refractivity contribution is 7.92. The number of sulfone groups is 1. The Labute approximate surface area is 174 Å². The van der Waals surface area contributed by atoms with Crippen LogP contribution in [-0.4, -0.2) is 46.9 Å². The minimum Gasteiger partial charge on any atom is -0.484 e. The molecule has 11 heteroatoms. The van der Waals surface area contributed by atoms with Crippen molar-refractivity contribution in [1.29, 1.82) is 0 Å². The maximum Gasteiger partial charge on any atom is 0.262 e. The van der Waals surface area contributed by atoms with Crippen molar-refractivity contribution in [2.24, 2.45) is 0 Å². The van der Waals surface area contributed by atoms with Crippen molar-refractivity contribution in [3.63, 3.8) is 0 Å². The second kappa shape index (κ2) is 8.70. The molecular formula is C18H19ClN2O6S2. The van der Waals surface area contributed by atoms with Crippen molar-refractivity contribution in [3.05, 3.63) is 53.6 Å². The van der Waals surface area contributed by atoms with Gasteiger partial charge in [0.2, 0.25) is 10.0 Å². The maximum atomic E-state index is 12.4. The summed E-state index contributed by atoms with van der Waals surface area (Å²) in [5.41, 5.74) is 0.400. The molecule has 156 valence electrons. The number of halogens is 1. The third-order valence-corrected chi connectivity index (χ3v) is 7.74. The number of sulfonamides is 1. The summed E-state index contributed by atoms with van der Waals surface area (Å²) in [6.45, 7) is -0.223. The first kappa shape index (κ1) is 21.6. The largest absolute Gasteiger partial charge is 0.484 e. The summed E-state index contributed by atoms with van der Waals surface area (Å²) in [7, 11) is -7.04. The summed E-state index contributed by atoms with van der Waals surface area (Å²) >= 11 is 5.78. The van der Waals surface area contributed by atoms with Crippen molar-refractivity contribution < 1.29 is 26.4 Å². The van der Waals surface area contributed by atoms with Crippen molar-refractivity contribution >= 4 is 43.1 Å². The normalized spacial score (nSPS) is 18.3. The van der Waals surface area contributed by atoms with Crippen LogP contribution < -0.4 is 14.8 Å². The van der Waals surface area contributed by atoms with Gasteiger partial charge in [0.05, 0.1) is 16.4 Å². The van der Waals surface area contributed by atoms with Crippen LogP contribution in [0.4, 0.5) is 5.69 Å². The van der Waals surface area contributed by atoms with Gasteiger partial charge in [-0.3, -0.25) is 4.79 Å². The van der Waals surface area contributed by atoms with E-state index in [1.807, 2.05) is 0 Å². The molecule has 0 aliphatic carbocycles. The van der Waals surface area contributed by atoms with Crippen LogP contribution in [0.3, 0.4) is 0 Å². The van der Waals surface area contributed by atoms with Crippen LogP contribution in [0.5, 0.6) is 5.75 Å². The summed E-state index contributed by atoms with van der Waals surface area (Å²) in [6, 6.07) is 11.5. The quantitative estimate of drug-likeness (QED) is 0.653. The fraction of sp³-hybridized carbons (Fsp3) is 0.278. The summed E-state index contributed by atoms with van der Waals surface area (Å²) in [5, 5.41) is 3.16. The number of ether oxygens (including phenoxy) is 1. The lowest BCUT2D eigenvalue weighted by molar-refractivity contribution is -0.118. The lowest BCUT2D eigenvalue weighted by atomic mass is 10.3. The summed E-state index contributed by atoms with van der Waals surface area (Å²) < 4.78 is 55.5. The van der Waals surface area contributed by atoms with Crippen LogP contribution in [0.15, 0.2) is 53.4 Å². The van der Waals surface area contributed by atoms with Gasteiger partial charge in [-0.25, -0.2) is 21.6 Å². The Bertz CT molecular complexity index is 1080. The SMILES string of the molecule is O=C(COc1ccc(Cl)cc1)Nc1ccc(S(=O)(=O)N[C@H]2CCS(=O)(=O)C2)cc1. The predicted molar refractivity (Wildman–Crippen MR) is 109 cm³/mol. The lowest BCUT2D eigenvalue weighted by Crippen LogP contribution is -2.35. The van der Waals surface area contributed by atoms with Gasteiger partial charge in [0.15, 0.2) is 16.4 Å². The van der Waals surface area contributed by atoms with E-state index in [1.54, 1.807) is 24.3 Å². The molecule has 0 bridgehead atoms. The number of carbonyl (C=O) groups excluding carboxylic acids is 1. The van der Waals surface area contributed by atoms with E-state index >= 15 is 0 Å². The molecule has 1 amide bonds. The Hall–Kier alpha value is -2.14. The monoisotopic (exact) mass is 458 g/mol. The number of anilines is 1. The molecule has 1 atom stereocenters. The van der Waals surface area contributed by atoms with Gasteiger partial charge in [0.25, 0.3) is 5.91 Å². The molecule has 0 radical (unpaired) electrons. The van der Waals surface area contributed by atoms with E-state index in [0.29, 0.717) is 16.5 Å². The van der Waals surface area contributed by atoms with E-state index < -0.39 is 31.8 Å². The first-order valence-corrected chi connectivity index (χ1v) is 12.3. The Morgan fingerprint density at radius 1 is 1.10 bits per heavy atom. The summed E-state index contributed by atoms with van der Waals surface area (Å²) in [4.78, 5) is 12.0. The Morgan fingerprint density at radius 3 is 2.34 bits per heavy atom. The van der Waals surface area contributed by atoms with Gasteiger partial charge in [0.1, 0.15) is 5.75 Å². The molecule has 29 heavy (non-hydrogen) atoms.